The van der Waals surface area contributed by atoms with Crippen molar-refractivity contribution in [2.75, 3.05) is 26.2 Å². The van der Waals surface area contributed by atoms with Crippen LogP contribution < -0.4 is 0 Å². The van der Waals surface area contributed by atoms with E-state index in [1.165, 1.54) is 11.6 Å². The number of piperidine rings is 2. The monoisotopic (exact) mass is 354 g/mol. The minimum Gasteiger partial charge on any atom is -0.342 e. The quantitative estimate of drug-likeness (QED) is 0.777. The second-order valence-electron chi connectivity index (χ2n) is 7.56. The second-order valence-corrected chi connectivity index (χ2v) is 7.56. The molecule has 2 aliphatic rings. The maximum absolute atomic E-state index is 13.0. The number of benzene rings is 1. The van der Waals surface area contributed by atoms with E-state index >= 15 is 0 Å². The highest BCUT2D eigenvalue weighted by Crippen LogP contribution is 2.35. The summed E-state index contributed by atoms with van der Waals surface area (Å²) in [5.41, 5.74) is 1.41. The van der Waals surface area contributed by atoms with Crippen LogP contribution in [0, 0.1) is 11.8 Å². The Labute approximate surface area is 156 Å². The predicted molar refractivity (Wildman–Crippen MR) is 104 cm³/mol. The molecular formula is C22H30N2O2. The first-order valence-electron chi connectivity index (χ1n) is 9.89. The summed E-state index contributed by atoms with van der Waals surface area (Å²) in [5.74, 6) is 1.41. The Bertz CT molecular complexity index is 635. The van der Waals surface area contributed by atoms with Crippen molar-refractivity contribution in [1.29, 1.82) is 0 Å². The molecule has 2 amide bonds. The molecule has 1 aromatic carbocycles. The van der Waals surface area contributed by atoms with Gasteiger partial charge in [-0.3, -0.25) is 9.59 Å². The van der Waals surface area contributed by atoms with Crippen molar-refractivity contribution in [3.8, 4) is 0 Å². The van der Waals surface area contributed by atoms with Gasteiger partial charge >= 0.3 is 0 Å². The van der Waals surface area contributed by atoms with Gasteiger partial charge in [0.1, 0.15) is 0 Å². The fourth-order valence-corrected chi connectivity index (χ4v) is 4.52. The molecule has 2 saturated heterocycles. The normalized spacial score (nSPS) is 24.3. The molecular weight excluding hydrogens is 324 g/mol. The van der Waals surface area contributed by atoms with E-state index in [1.807, 2.05) is 0 Å². The Morgan fingerprint density at radius 3 is 2.35 bits per heavy atom. The fraction of sp³-hybridized carbons (Fsp3) is 0.545. The number of amides is 2. The first-order valence-corrected chi connectivity index (χ1v) is 9.89. The highest BCUT2D eigenvalue weighted by molar-refractivity contribution is 5.87. The van der Waals surface area contributed by atoms with E-state index < -0.39 is 0 Å². The number of likely N-dealkylation sites (tertiary alicyclic amines) is 2. The van der Waals surface area contributed by atoms with E-state index in [1.54, 1.807) is 4.90 Å². The summed E-state index contributed by atoms with van der Waals surface area (Å²) < 4.78 is 0. The van der Waals surface area contributed by atoms with Crippen LogP contribution in [0.1, 0.15) is 44.1 Å². The Morgan fingerprint density at radius 2 is 1.73 bits per heavy atom. The van der Waals surface area contributed by atoms with Crippen molar-refractivity contribution in [3.63, 3.8) is 0 Å². The number of carbonyl (C=O) groups is 2. The largest absolute Gasteiger partial charge is 0.342 e. The lowest BCUT2D eigenvalue weighted by molar-refractivity contribution is -0.141. The van der Waals surface area contributed by atoms with Crippen LogP contribution in [0.4, 0.5) is 0 Å². The molecule has 2 heterocycles. The molecule has 2 unspecified atom stereocenters. The average Bonchev–Trinajstić information content (AvgIpc) is 2.73. The van der Waals surface area contributed by atoms with Crippen molar-refractivity contribution in [2.24, 2.45) is 11.8 Å². The van der Waals surface area contributed by atoms with Gasteiger partial charge in [0, 0.05) is 32.1 Å². The third kappa shape index (κ3) is 4.00. The van der Waals surface area contributed by atoms with Crippen molar-refractivity contribution >= 4 is 11.8 Å². The Morgan fingerprint density at radius 1 is 1.08 bits per heavy atom. The zero-order valence-corrected chi connectivity index (χ0v) is 15.8. The van der Waals surface area contributed by atoms with Crippen LogP contribution in [0.25, 0.3) is 0 Å². The Balaban J connectivity index is 1.58. The molecule has 0 aromatic heterocycles. The zero-order chi connectivity index (χ0) is 18.5. The maximum atomic E-state index is 13.0. The predicted octanol–water partition coefficient (Wildman–Crippen LogP) is 3.45. The first kappa shape index (κ1) is 18.7. The maximum Gasteiger partial charge on any atom is 0.245 e. The van der Waals surface area contributed by atoms with Gasteiger partial charge < -0.3 is 9.80 Å². The van der Waals surface area contributed by atoms with Crippen molar-refractivity contribution < 1.29 is 9.59 Å². The molecule has 26 heavy (non-hydrogen) atoms. The van der Waals surface area contributed by atoms with E-state index in [-0.39, 0.29) is 11.8 Å². The van der Waals surface area contributed by atoms with Crippen LogP contribution in [0.3, 0.4) is 0 Å². The molecule has 0 bridgehead atoms. The number of hydrogen-bond donors (Lipinski definition) is 0. The molecule has 0 N–H and O–H groups in total. The molecule has 0 spiro atoms. The Kier molecular flexibility index (Phi) is 6.12. The fourth-order valence-electron chi connectivity index (χ4n) is 4.52. The summed E-state index contributed by atoms with van der Waals surface area (Å²) in [6.07, 6.45) is 5.04. The summed E-state index contributed by atoms with van der Waals surface area (Å²) >= 11 is 0. The van der Waals surface area contributed by atoms with Gasteiger partial charge in [-0.15, -0.1) is 0 Å². The topological polar surface area (TPSA) is 40.6 Å². The van der Waals surface area contributed by atoms with Crippen LogP contribution in [0.5, 0.6) is 0 Å². The molecule has 2 aliphatic heterocycles. The molecule has 3 rings (SSSR count). The summed E-state index contributed by atoms with van der Waals surface area (Å²) in [6, 6.07) is 10.7. The highest BCUT2D eigenvalue weighted by atomic mass is 16.2. The van der Waals surface area contributed by atoms with Gasteiger partial charge in [0.25, 0.3) is 0 Å². The van der Waals surface area contributed by atoms with E-state index in [0.29, 0.717) is 30.8 Å². The molecule has 2 atom stereocenters. The number of carbonyl (C=O) groups excluding carboxylic acids is 2. The van der Waals surface area contributed by atoms with E-state index in [4.69, 9.17) is 0 Å². The van der Waals surface area contributed by atoms with Gasteiger partial charge in [0.05, 0.1) is 0 Å². The average molecular weight is 354 g/mol. The SMILES string of the molecule is C=CC(=O)N1CCC(C(=O)N2CCC(c3ccccc3)C(CC)C2)CC1. The third-order valence-corrected chi connectivity index (χ3v) is 6.13. The third-order valence-electron chi connectivity index (χ3n) is 6.13. The van der Waals surface area contributed by atoms with Crippen LogP contribution in [0.15, 0.2) is 43.0 Å². The van der Waals surface area contributed by atoms with E-state index in [0.717, 1.165) is 38.8 Å². The van der Waals surface area contributed by atoms with Gasteiger partial charge in [0.2, 0.25) is 11.8 Å². The minimum absolute atomic E-state index is 0.0226. The highest BCUT2D eigenvalue weighted by Gasteiger charge is 2.35. The van der Waals surface area contributed by atoms with E-state index in [9.17, 15) is 9.59 Å². The molecule has 4 heteroatoms. The van der Waals surface area contributed by atoms with Crippen molar-refractivity contribution in [1.82, 2.24) is 9.80 Å². The van der Waals surface area contributed by atoms with E-state index in [2.05, 4.69) is 48.7 Å². The lowest BCUT2D eigenvalue weighted by Crippen LogP contribution is -2.48. The zero-order valence-electron chi connectivity index (χ0n) is 15.8. The van der Waals surface area contributed by atoms with Crippen LogP contribution in [-0.4, -0.2) is 47.8 Å². The standard InChI is InChI=1S/C22H30N2O2/c1-3-17-16-24(15-12-20(17)18-8-6-5-7-9-18)22(26)19-10-13-23(14-11-19)21(25)4-2/h4-9,17,19-20H,2-3,10-16H2,1H3. The summed E-state index contributed by atoms with van der Waals surface area (Å²) in [4.78, 5) is 28.6. The molecule has 0 aliphatic carbocycles. The van der Waals surface area contributed by atoms with Gasteiger partial charge in [-0.2, -0.15) is 0 Å². The summed E-state index contributed by atoms with van der Waals surface area (Å²) in [5, 5.41) is 0. The summed E-state index contributed by atoms with van der Waals surface area (Å²) in [6.45, 7) is 8.82. The molecule has 0 saturated carbocycles. The smallest absolute Gasteiger partial charge is 0.245 e. The molecule has 4 nitrogen and oxygen atoms in total. The van der Waals surface area contributed by atoms with Gasteiger partial charge in [0.15, 0.2) is 0 Å². The molecule has 2 fully saturated rings. The van der Waals surface area contributed by atoms with Crippen molar-refractivity contribution in [2.45, 2.75) is 38.5 Å². The van der Waals surface area contributed by atoms with Gasteiger partial charge in [-0.1, -0.05) is 50.3 Å². The van der Waals surface area contributed by atoms with Crippen molar-refractivity contribution in [3.05, 3.63) is 48.6 Å². The summed E-state index contributed by atoms with van der Waals surface area (Å²) in [7, 11) is 0. The van der Waals surface area contributed by atoms with Gasteiger partial charge in [-0.05, 0) is 42.7 Å². The number of nitrogens with zero attached hydrogens (tertiary/aromatic N) is 2. The lowest BCUT2D eigenvalue weighted by Gasteiger charge is -2.41. The lowest BCUT2D eigenvalue weighted by atomic mass is 9.78. The Hall–Kier alpha value is -2.10. The molecule has 140 valence electrons. The molecule has 0 radical (unpaired) electrons. The van der Waals surface area contributed by atoms with Gasteiger partial charge in [-0.25, -0.2) is 0 Å². The van der Waals surface area contributed by atoms with Crippen LogP contribution >= 0.6 is 0 Å². The number of rotatable bonds is 4. The first-order chi connectivity index (χ1) is 12.6. The van der Waals surface area contributed by atoms with Crippen LogP contribution in [0.2, 0.25) is 0 Å². The second kappa shape index (κ2) is 8.52. The van der Waals surface area contributed by atoms with Crippen LogP contribution in [-0.2, 0) is 9.59 Å². The molecule has 1 aromatic rings. The minimum atomic E-state index is -0.0226. The number of hydrogen-bond acceptors (Lipinski definition) is 2.